The van der Waals surface area contributed by atoms with E-state index in [-0.39, 0.29) is 6.61 Å². The Kier molecular flexibility index (Phi) is 6.95. The van der Waals surface area contributed by atoms with E-state index in [2.05, 4.69) is 27.9 Å². The summed E-state index contributed by atoms with van der Waals surface area (Å²) >= 11 is 9.70. The minimum absolute atomic E-state index is 0.144. The molecule has 0 aliphatic heterocycles. The lowest BCUT2D eigenvalue weighted by Gasteiger charge is -2.13. The Morgan fingerprint density at radius 2 is 2.00 bits per heavy atom. The molecule has 0 unspecified atom stereocenters. The van der Waals surface area contributed by atoms with Gasteiger partial charge in [-0.15, -0.1) is 6.42 Å². The number of nitrogens with zero attached hydrogens (tertiary/aromatic N) is 1. The molecular weight excluding hydrogens is 402 g/mol. The van der Waals surface area contributed by atoms with Crippen LogP contribution in [-0.4, -0.2) is 13.2 Å². The molecule has 2 aromatic rings. The summed E-state index contributed by atoms with van der Waals surface area (Å²) in [6, 6.07) is 13.0. The molecule has 0 heterocycles. The Bertz CT molecular complexity index is 878. The molecule has 5 heteroatoms. The largest absolute Gasteiger partial charge is 0.490 e. The van der Waals surface area contributed by atoms with E-state index in [1.54, 1.807) is 30.3 Å². The second kappa shape index (κ2) is 9.18. The first-order valence-electron chi connectivity index (χ1n) is 7.50. The SMILES string of the molecule is C#CCOc1cc(Br)c(C=C(C#N)c2ccccc2Cl)cc1OCC. The zero-order chi connectivity index (χ0) is 18.2. The van der Waals surface area contributed by atoms with Gasteiger partial charge in [-0.25, -0.2) is 0 Å². The minimum atomic E-state index is 0.144. The van der Waals surface area contributed by atoms with Crippen LogP contribution in [0.2, 0.25) is 5.02 Å². The molecule has 0 bridgehead atoms. The van der Waals surface area contributed by atoms with Crippen molar-refractivity contribution in [3.05, 3.63) is 57.0 Å². The summed E-state index contributed by atoms with van der Waals surface area (Å²) < 4.78 is 11.9. The van der Waals surface area contributed by atoms with Crippen LogP contribution in [0.1, 0.15) is 18.1 Å². The third-order valence-electron chi connectivity index (χ3n) is 3.26. The number of hydrogen-bond acceptors (Lipinski definition) is 3. The summed E-state index contributed by atoms with van der Waals surface area (Å²) in [4.78, 5) is 0. The fraction of sp³-hybridized carbons (Fsp3) is 0.150. The summed E-state index contributed by atoms with van der Waals surface area (Å²) in [7, 11) is 0. The van der Waals surface area contributed by atoms with E-state index in [0.29, 0.717) is 34.3 Å². The molecule has 2 aromatic carbocycles. The van der Waals surface area contributed by atoms with Crippen LogP contribution in [-0.2, 0) is 0 Å². The predicted octanol–water partition coefficient (Wildman–Crippen LogP) is 5.58. The van der Waals surface area contributed by atoms with Crippen molar-refractivity contribution in [2.45, 2.75) is 6.92 Å². The molecule has 0 fully saturated rings. The molecule has 0 radical (unpaired) electrons. The summed E-state index contributed by atoms with van der Waals surface area (Å²) in [5.74, 6) is 3.53. The first kappa shape index (κ1) is 18.9. The molecule has 0 aromatic heterocycles. The van der Waals surface area contributed by atoms with Gasteiger partial charge in [-0.2, -0.15) is 5.26 Å². The normalized spacial score (nSPS) is 10.7. The highest BCUT2D eigenvalue weighted by molar-refractivity contribution is 9.10. The minimum Gasteiger partial charge on any atom is -0.490 e. The Balaban J connectivity index is 2.51. The van der Waals surface area contributed by atoms with Crippen molar-refractivity contribution in [3.63, 3.8) is 0 Å². The van der Waals surface area contributed by atoms with Gasteiger partial charge >= 0.3 is 0 Å². The lowest BCUT2D eigenvalue weighted by atomic mass is 10.0. The van der Waals surface area contributed by atoms with E-state index in [1.807, 2.05) is 19.1 Å². The number of allylic oxidation sites excluding steroid dienone is 1. The smallest absolute Gasteiger partial charge is 0.163 e. The molecule has 0 saturated heterocycles. The van der Waals surface area contributed by atoms with Crippen molar-refractivity contribution in [1.82, 2.24) is 0 Å². The third kappa shape index (κ3) is 4.79. The van der Waals surface area contributed by atoms with E-state index in [0.717, 1.165) is 10.0 Å². The fourth-order valence-electron chi connectivity index (χ4n) is 2.17. The molecule has 0 aliphatic carbocycles. The fourth-order valence-corrected chi connectivity index (χ4v) is 2.84. The second-order valence-corrected chi connectivity index (χ2v) is 6.16. The maximum Gasteiger partial charge on any atom is 0.163 e. The quantitative estimate of drug-likeness (QED) is 0.351. The average molecular weight is 417 g/mol. The highest BCUT2D eigenvalue weighted by Gasteiger charge is 2.12. The van der Waals surface area contributed by atoms with Crippen LogP contribution in [0, 0.1) is 23.7 Å². The van der Waals surface area contributed by atoms with Crippen LogP contribution in [0.15, 0.2) is 40.9 Å². The predicted molar refractivity (Wildman–Crippen MR) is 105 cm³/mol. The standard InChI is InChI=1S/C20H15BrClNO2/c1-3-9-25-20-12-17(21)14(11-19(20)24-4-2)10-15(13-23)16-7-5-6-8-18(16)22/h1,5-8,10-12H,4,9H2,2H3. The molecule has 3 nitrogen and oxygen atoms in total. The van der Waals surface area contributed by atoms with Crippen LogP contribution >= 0.6 is 27.5 Å². The molecule has 0 amide bonds. The van der Waals surface area contributed by atoms with Crippen molar-refractivity contribution in [2.75, 3.05) is 13.2 Å². The van der Waals surface area contributed by atoms with E-state index >= 15 is 0 Å². The van der Waals surface area contributed by atoms with Crippen molar-refractivity contribution in [1.29, 1.82) is 5.26 Å². The lowest BCUT2D eigenvalue weighted by Crippen LogP contribution is -2.00. The topological polar surface area (TPSA) is 42.2 Å². The first-order chi connectivity index (χ1) is 12.1. The number of terminal acetylenes is 1. The van der Waals surface area contributed by atoms with E-state index < -0.39 is 0 Å². The highest BCUT2D eigenvalue weighted by Crippen LogP contribution is 2.36. The second-order valence-electron chi connectivity index (χ2n) is 4.90. The van der Waals surface area contributed by atoms with Gasteiger partial charge in [-0.1, -0.05) is 51.7 Å². The Hall–Kier alpha value is -2.40. The van der Waals surface area contributed by atoms with Crippen LogP contribution in [0.25, 0.3) is 11.6 Å². The van der Waals surface area contributed by atoms with Crippen LogP contribution < -0.4 is 9.47 Å². The lowest BCUT2D eigenvalue weighted by molar-refractivity contribution is 0.299. The molecule has 0 N–H and O–H groups in total. The molecule has 2 rings (SSSR count). The zero-order valence-corrected chi connectivity index (χ0v) is 15.9. The van der Waals surface area contributed by atoms with Gasteiger partial charge in [0, 0.05) is 15.1 Å². The van der Waals surface area contributed by atoms with Gasteiger partial charge in [0.2, 0.25) is 0 Å². The van der Waals surface area contributed by atoms with Crippen LogP contribution in [0.4, 0.5) is 0 Å². The Morgan fingerprint density at radius 1 is 1.28 bits per heavy atom. The van der Waals surface area contributed by atoms with Gasteiger partial charge in [-0.05, 0) is 36.8 Å². The maximum atomic E-state index is 9.53. The number of nitriles is 1. The van der Waals surface area contributed by atoms with E-state index in [4.69, 9.17) is 27.5 Å². The van der Waals surface area contributed by atoms with Crippen molar-refractivity contribution in [2.24, 2.45) is 0 Å². The van der Waals surface area contributed by atoms with Gasteiger partial charge in [0.15, 0.2) is 11.5 Å². The molecule has 25 heavy (non-hydrogen) atoms. The Morgan fingerprint density at radius 3 is 2.64 bits per heavy atom. The van der Waals surface area contributed by atoms with Gasteiger partial charge in [0.1, 0.15) is 6.61 Å². The average Bonchev–Trinajstić information content (AvgIpc) is 2.61. The van der Waals surface area contributed by atoms with Crippen LogP contribution in [0.5, 0.6) is 11.5 Å². The molecule has 126 valence electrons. The van der Waals surface area contributed by atoms with Gasteiger partial charge in [0.05, 0.1) is 18.2 Å². The number of halogens is 2. The molecule has 0 atom stereocenters. The van der Waals surface area contributed by atoms with Crippen molar-refractivity contribution in [3.8, 4) is 29.9 Å². The summed E-state index contributed by atoms with van der Waals surface area (Å²) in [6.07, 6.45) is 6.99. The number of hydrogen-bond donors (Lipinski definition) is 0. The third-order valence-corrected chi connectivity index (χ3v) is 4.27. The van der Waals surface area contributed by atoms with Crippen molar-refractivity contribution < 1.29 is 9.47 Å². The molecule has 0 spiro atoms. The highest BCUT2D eigenvalue weighted by atomic mass is 79.9. The zero-order valence-electron chi connectivity index (χ0n) is 13.6. The van der Waals surface area contributed by atoms with Crippen LogP contribution in [0.3, 0.4) is 0 Å². The molecule has 0 saturated carbocycles. The Labute approximate surface area is 161 Å². The monoisotopic (exact) mass is 415 g/mol. The number of ether oxygens (including phenoxy) is 2. The van der Waals surface area contributed by atoms with Gasteiger partial charge in [0.25, 0.3) is 0 Å². The summed E-state index contributed by atoms with van der Waals surface area (Å²) in [5, 5.41) is 10.0. The number of benzene rings is 2. The summed E-state index contributed by atoms with van der Waals surface area (Å²) in [5.41, 5.74) is 1.89. The number of rotatable bonds is 6. The van der Waals surface area contributed by atoms with Gasteiger partial charge < -0.3 is 9.47 Å². The first-order valence-corrected chi connectivity index (χ1v) is 8.67. The van der Waals surface area contributed by atoms with Gasteiger partial charge in [-0.3, -0.25) is 0 Å². The molecular formula is C20H15BrClNO2. The summed E-state index contributed by atoms with van der Waals surface area (Å²) in [6.45, 7) is 2.50. The molecule has 0 aliphatic rings. The maximum absolute atomic E-state index is 9.53. The van der Waals surface area contributed by atoms with Crippen molar-refractivity contribution >= 4 is 39.2 Å². The van der Waals surface area contributed by atoms with E-state index in [9.17, 15) is 5.26 Å². The van der Waals surface area contributed by atoms with E-state index in [1.165, 1.54) is 0 Å².